The zero-order chi connectivity index (χ0) is 15.8. The minimum absolute atomic E-state index is 0.0768. The van der Waals surface area contributed by atoms with Gasteiger partial charge in [-0.15, -0.1) is 0 Å². The number of benzene rings is 1. The van der Waals surface area contributed by atoms with Gasteiger partial charge in [-0.05, 0) is 35.7 Å². The Kier molecular flexibility index (Phi) is 6.80. The maximum absolute atomic E-state index is 9.83. The molecule has 0 spiro atoms. The largest absolute Gasteiger partial charge is 0.389 e. The van der Waals surface area contributed by atoms with Crippen LogP contribution in [0, 0.1) is 0 Å². The molecule has 2 atom stereocenters. The fourth-order valence-corrected chi connectivity index (χ4v) is 2.41. The molecular weight excluding hydrogens is 300 g/mol. The lowest BCUT2D eigenvalue weighted by molar-refractivity contribution is 0.0627. The number of ether oxygens (including phenoxy) is 1. The monoisotopic (exact) mass is 320 g/mol. The molecule has 2 N–H and O–H groups in total. The van der Waals surface area contributed by atoms with E-state index in [9.17, 15) is 5.11 Å². The number of aliphatic hydroxyl groups is 1. The van der Waals surface area contributed by atoms with E-state index in [2.05, 4.69) is 10.3 Å². The topological polar surface area (TPSA) is 54.4 Å². The van der Waals surface area contributed by atoms with Gasteiger partial charge >= 0.3 is 0 Å². The standard InChI is InChI=1S/C17H21ClN2O2/c1-22-12-16(21)11-20-17(9-13-3-2-8-19-10-13)14-4-6-15(18)7-5-14/h2-8,10,16-17,20-21H,9,11-12H2,1H3. The van der Waals surface area contributed by atoms with Crippen LogP contribution >= 0.6 is 11.6 Å². The predicted octanol–water partition coefficient (Wildman–Crippen LogP) is 2.62. The van der Waals surface area contributed by atoms with Crippen molar-refractivity contribution in [1.29, 1.82) is 0 Å². The number of pyridine rings is 1. The molecule has 5 heteroatoms. The predicted molar refractivity (Wildman–Crippen MR) is 88.0 cm³/mol. The number of nitrogens with one attached hydrogen (secondary N) is 1. The SMILES string of the molecule is COCC(O)CNC(Cc1cccnc1)c1ccc(Cl)cc1. The Labute approximate surface area is 136 Å². The molecule has 2 aromatic rings. The van der Waals surface area contributed by atoms with Crippen LogP contribution in [0.25, 0.3) is 0 Å². The third-order valence-electron chi connectivity index (χ3n) is 3.39. The summed E-state index contributed by atoms with van der Waals surface area (Å²) in [7, 11) is 1.58. The van der Waals surface area contributed by atoms with E-state index < -0.39 is 6.10 Å². The third kappa shape index (κ3) is 5.39. The van der Waals surface area contributed by atoms with Crippen molar-refractivity contribution in [2.45, 2.75) is 18.6 Å². The molecule has 22 heavy (non-hydrogen) atoms. The Balaban J connectivity index is 2.08. The maximum atomic E-state index is 9.83. The Hall–Kier alpha value is -1.46. The van der Waals surface area contributed by atoms with Crippen molar-refractivity contribution >= 4 is 11.6 Å². The molecule has 2 unspecified atom stereocenters. The fraction of sp³-hybridized carbons (Fsp3) is 0.353. The number of aliphatic hydroxyl groups excluding tert-OH is 1. The smallest absolute Gasteiger partial charge is 0.0897 e. The second kappa shape index (κ2) is 8.86. The average molecular weight is 321 g/mol. The van der Waals surface area contributed by atoms with Crippen molar-refractivity contribution in [2.24, 2.45) is 0 Å². The van der Waals surface area contributed by atoms with Crippen molar-refractivity contribution < 1.29 is 9.84 Å². The second-order valence-electron chi connectivity index (χ2n) is 5.19. The molecule has 0 amide bonds. The first-order valence-electron chi connectivity index (χ1n) is 7.24. The van der Waals surface area contributed by atoms with Crippen LogP contribution in [-0.2, 0) is 11.2 Å². The first-order valence-corrected chi connectivity index (χ1v) is 7.61. The van der Waals surface area contributed by atoms with Crippen LogP contribution < -0.4 is 5.32 Å². The Bertz CT molecular complexity index is 548. The van der Waals surface area contributed by atoms with Crippen LogP contribution in [0.5, 0.6) is 0 Å². The molecule has 0 aliphatic rings. The fourth-order valence-electron chi connectivity index (χ4n) is 2.29. The van der Waals surface area contributed by atoms with E-state index in [0.717, 1.165) is 17.5 Å². The van der Waals surface area contributed by atoms with Crippen LogP contribution in [0.15, 0.2) is 48.8 Å². The lowest BCUT2D eigenvalue weighted by Gasteiger charge is -2.21. The molecule has 4 nitrogen and oxygen atoms in total. The summed E-state index contributed by atoms with van der Waals surface area (Å²) in [5, 5.41) is 13.9. The van der Waals surface area contributed by atoms with Gasteiger partial charge in [0.1, 0.15) is 0 Å². The number of methoxy groups -OCH3 is 1. The molecule has 0 aliphatic heterocycles. The van der Waals surface area contributed by atoms with Crippen LogP contribution in [-0.4, -0.2) is 36.5 Å². The highest BCUT2D eigenvalue weighted by molar-refractivity contribution is 6.30. The molecule has 0 radical (unpaired) electrons. The lowest BCUT2D eigenvalue weighted by Crippen LogP contribution is -2.33. The Morgan fingerprint density at radius 3 is 2.68 bits per heavy atom. The van der Waals surface area contributed by atoms with E-state index in [-0.39, 0.29) is 6.04 Å². The molecule has 118 valence electrons. The van der Waals surface area contributed by atoms with Crippen molar-refractivity contribution in [3.05, 3.63) is 64.9 Å². The van der Waals surface area contributed by atoms with Crippen LogP contribution in [0.2, 0.25) is 5.02 Å². The normalized spacial score (nSPS) is 13.8. The van der Waals surface area contributed by atoms with E-state index in [1.165, 1.54) is 0 Å². The number of aromatic nitrogens is 1. The summed E-state index contributed by atoms with van der Waals surface area (Å²) in [4.78, 5) is 4.15. The van der Waals surface area contributed by atoms with Gasteiger partial charge in [-0.3, -0.25) is 4.98 Å². The summed E-state index contributed by atoms with van der Waals surface area (Å²) >= 11 is 5.96. The Morgan fingerprint density at radius 1 is 1.27 bits per heavy atom. The molecule has 0 saturated carbocycles. The second-order valence-corrected chi connectivity index (χ2v) is 5.62. The van der Waals surface area contributed by atoms with Gasteiger partial charge in [0, 0.05) is 37.1 Å². The quantitative estimate of drug-likeness (QED) is 0.785. The molecular formula is C17H21ClN2O2. The summed E-state index contributed by atoms with van der Waals surface area (Å²) in [6.45, 7) is 0.772. The molecule has 1 aromatic carbocycles. The third-order valence-corrected chi connectivity index (χ3v) is 3.65. The highest BCUT2D eigenvalue weighted by Gasteiger charge is 2.14. The van der Waals surface area contributed by atoms with Gasteiger partial charge in [0.25, 0.3) is 0 Å². The van der Waals surface area contributed by atoms with Gasteiger partial charge in [0.2, 0.25) is 0 Å². The van der Waals surface area contributed by atoms with Gasteiger partial charge in [-0.25, -0.2) is 0 Å². The summed E-state index contributed by atoms with van der Waals surface area (Å²) in [6.07, 6.45) is 3.87. The van der Waals surface area contributed by atoms with Gasteiger partial charge in [-0.2, -0.15) is 0 Å². The minimum atomic E-state index is -0.534. The van der Waals surface area contributed by atoms with Crippen molar-refractivity contribution in [3.8, 4) is 0 Å². The highest BCUT2D eigenvalue weighted by Crippen LogP contribution is 2.20. The molecule has 0 fully saturated rings. The zero-order valence-corrected chi connectivity index (χ0v) is 13.3. The number of nitrogens with zero attached hydrogens (tertiary/aromatic N) is 1. The van der Waals surface area contributed by atoms with E-state index in [1.54, 1.807) is 13.3 Å². The number of rotatable bonds is 8. The van der Waals surface area contributed by atoms with Crippen LogP contribution in [0.4, 0.5) is 0 Å². The molecule has 1 aromatic heterocycles. The van der Waals surface area contributed by atoms with Crippen LogP contribution in [0.1, 0.15) is 17.2 Å². The van der Waals surface area contributed by atoms with E-state index in [1.807, 2.05) is 42.6 Å². The van der Waals surface area contributed by atoms with Gasteiger partial charge in [0.15, 0.2) is 0 Å². The molecule has 0 saturated heterocycles. The summed E-state index contributed by atoms with van der Waals surface area (Å²) < 4.78 is 4.96. The molecule has 2 rings (SSSR count). The lowest BCUT2D eigenvalue weighted by atomic mass is 9.99. The van der Waals surface area contributed by atoms with Crippen LogP contribution in [0.3, 0.4) is 0 Å². The minimum Gasteiger partial charge on any atom is -0.389 e. The van der Waals surface area contributed by atoms with Crippen molar-refractivity contribution in [2.75, 3.05) is 20.3 Å². The van der Waals surface area contributed by atoms with E-state index in [0.29, 0.717) is 18.2 Å². The molecule has 0 bridgehead atoms. The highest BCUT2D eigenvalue weighted by atomic mass is 35.5. The maximum Gasteiger partial charge on any atom is 0.0897 e. The first-order chi connectivity index (χ1) is 10.7. The number of hydrogen-bond donors (Lipinski definition) is 2. The number of halogens is 1. The number of hydrogen-bond acceptors (Lipinski definition) is 4. The van der Waals surface area contributed by atoms with Gasteiger partial charge in [0.05, 0.1) is 12.7 Å². The average Bonchev–Trinajstić information content (AvgIpc) is 2.53. The van der Waals surface area contributed by atoms with Crippen molar-refractivity contribution in [1.82, 2.24) is 10.3 Å². The first kappa shape index (κ1) is 16.9. The summed E-state index contributed by atoms with van der Waals surface area (Å²) in [5.41, 5.74) is 2.26. The van der Waals surface area contributed by atoms with E-state index in [4.69, 9.17) is 16.3 Å². The summed E-state index contributed by atoms with van der Waals surface area (Å²) in [5.74, 6) is 0. The molecule has 0 aliphatic carbocycles. The summed E-state index contributed by atoms with van der Waals surface area (Å²) in [6, 6.07) is 11.8. The Morgan fingerprint density at radius 2 is 2.05 bits per heavy atom. The van der Waals surface area contributed by atoms with Gasteiger partial charge < -0.3 is 15.2 Å². The van der Waals surface area contributed by atoms with E-state index >= 15 is 0 Å². The van der Waals surface area contributed by atoms with Crippen molar-refractivity contribution in [3.63, 3.8) is 0 Å². The van der Waals surface area contributed by atoms with Gasteiger partial charge in [-0.1, -0.05) is 29.8 Å². The zero-order valence-electron chi connectivity index (χ0n) is 12.6. The molecule has 1 heterocycles.